The molecule has 0 saturated carbocycles. The highest BCUT2D eigenvalue weighted by Gasteiger charge is 2.02. The monoisotopic (exact) mass is 153 g/mol. The number of carbonyl (C=O) groups excluding carboxylic acids is 1. The molecule has 0 unspecified atom stereocenters. The number of nitrogen functional groups attached to an aromatic ring is 1. The molecule has 11 heavy (non-hydrogen) atoms. The van der Waals surface area contributed by atoms with Crippen LogP contribution in [0.5, 0.6) is 0 Å². The van der Waals surface area contributed by atoms with E-state index in [9.17, 15) is 9.59 Å². The lowest BCUT2D eigenvalue weighted by Crippen LogP contribution is -2.16. The molecule has 1 rings (SSSR count). The van der Waals surface area contributed by atoms with Crippen molar-refractivity contribution in [2.45, 2.75) is 6.92 Å². The Kier molecular flexibility index (Phi) is 1.72. The predicted octanol–water partition coefficient (Wildman–Crippen LogP) is -0.445. The van der Waals surface area contributed by atoms with Crippen LogP contribution in [-0.4, -0.2) is 15.8 Å². The highest BCUT2D eigenvalue weighted by molar-refractivity contribution is 5.90. The van der Waals surface area contributed by atoms with Crippen molar-refractivity contribution in [3.63, 3.8) is 0 Å². The fourth-order valence-electron chi connectivity index (χ4n) is 0.584. The maximum Gasteiger partial charge on any atom is 0.274 e. The number of ketones is 1. The molecule has 58 valence electrons. The van der Waals surface area contributed by atoms with Gasteiger partial charge in [0.15, 0.2) is 11.6 Å². The van der Waals surface area contributed by atoms with Crippen LogP contribution >= 0.6 is 0 Å². The van der Waals surface area contributed by atoms with Gasteiger partial charge >= 0.3 is 0 Å². The molecule has 5 heteroatoms. The van der Waals surface area contributed by atoms with Gasteiger partial charge in [-0.05, 0) is 0 Å². The Morgan fingerprint density at radius 1 is 1.73 bits per heavy atom. The van der Waals surface area contributed by atoms with Gasteiger partial charge in [-0.25, -0.2) is 4.98 Å². The summed E-state index contributed by atoms with van der Waals surface area (Å²) in [5, 5.41) is 0. The van der Waals surface area contributed by atoms with Crippen molar-refractivity contribution in [2.75, 3.05) is 5.73 Å². The lowest BCUT2D eigenvalue weighted by Gasteiger charge is -1.93. The summed E-state index contributed by atoms with van der Waals surface area (Å²) in [6.45, 7) is 1.31. The van der Waals surface area contributed by atoms with Gasteiger partial charge in [0, 0.05) is 6.92 Å². The number of nitrogens with zero attached hydrogens (tertiary/aromatic N) is 1. The molecule has 0 bridgehead atoms. The summed E-state index contributed by atoms with van der Waals surface area (Å²) in [6.07, 6.45) is 1.16. The van der Waals surface area contributed by atoms with Gasteiger partial charge in [-0.3, -0.25) is 9.59 Å². The molecule has 5 nitrogen and oxygen atoms in total. The van der Waals surface area contributed by atoms with E-state index in [0.29, 0.717) is 0 Å². The Labute approximate surface area is 62.3 Å². The second-order valence-corrected chi connectivity index (χ2v) is 2.07. The topological polar surface area (TPSA) is 88.8 Å². The minimum atomic E-state index is -0.481. The molecule has 0 saturated heterocycles. The van der Waals surface area contributed by atoms with Crippen molar-refractivity contribution in [1.29, 1.82) is 0 Å². The lowest BCUT2D eigenvalue weighted by atomic mass is 10.4. The van der Waals surface area contributed by atoms with Crippen LogP contribution in [-0.2, 0) is 0 Å². The van der Waals surface area contributed by atoms with Gasteiger partial charge in [0.05, 0.1) is 6.20 Å². The van der Waals surface area contributed by atoms with Gasteiger partial charge < -0.3 is 10.7 Å². The molecule has 0 aliphatic rings. The maximum absolute atomic E-state index is 10.8. The molecule has 0 atom stereocenters. The van der Waals surface area contributed by atoms with Gasteiger partial charge in [-0.15, -0.1) is 0 Å². The maximum atomic E-state index is 10.8. The fourth-order valence-corrected chi connectivity index (χ4v) is 0.584. The van der Waals surface area contributed by atoms with Crippen molar-refractivity contribution in [3.05, 3.63) is 22.4 Å². The van der Waals surface area contributed by atoms with E-state index in [-0.39, 0.29) is 17.3 Å². The molecule has 0 fully saturated rings. The molecular formula is C6H7N3O2. The summed E-state index contributed by atoms with van der Waals surface area (Å²) < 4.78 is 0. The molecule has 0 aromatic carbocycles. The molecule has 0 aliphatic heterocycles. The van der Waals surface area contributed by atoms with Gasteiger partial charge in [-0.1, -0.05) is 0 Å². The minimum Gasteiger partial charge on any atom is -0.393 e. The van der Waals surface area contributed by atoms with Gasteiger partial charge in [0.25, 0.3) is 5.56 Å². The smallest absolute Gasteiger partial charge is 0.274 e. The molecule has 1 aromatic heterocycles. The normalized spacial score (nSPS) is 9.55. The van der Waals surface area contributed by atoms with Gasteiger partial charge in [0.1, 0.15) is 5.69 Å². The second-order valence-electron chi connectivity index (χ2n) is 2.07. The lowest BCUT2D eigenvalue weighted by molar-refractivity contribution is 0.100. The third-order valence-corrected chi connectivity index (χ3v) is 1.16. The van der Waals surface area contributed by atoms with Crippen LogP contribution in [0.15, 0.2) is 11.0 Å². The summed E-state index contributed by atoms with van der Waals surface area (Å²) in [7, 11) is 0. The van der Waals surface area contributed by atoms with Crippen LogP contribution in [0.4, 0.5) is 5.69 Å². The summed E-state index contributed by atoms with van der Waals surface area (Å²) in [4.78, 5) is 27.2. The number of hydrogen-bond donors (Lipinski definition) is 2. The van der Waals surface area contributed by atoms with Crippen molar-refractivity contribution in [1.82, 2.24) is 9.97 Å². The molecular weight excluding hydrogens is 146 g/mol. The first-order chi connectivity index (χ1) is 5.11. The summed E-state index contributed by atoms with van der Waals surface area (Å²) in [5.74, 6) is -0.258. The SMILES string of the molecule is CC(=O)c1ncc(N)c(=O)[nH]1. The summed E-state index contributed by atoms with van der Waals surface area (Å²) >= 11 is 0. The zero-order valence-electron chi connectivity index (χ0n) is 5.92. The Bertz CT molecular complexity index is 342. The first kappa shape index (κ1) is 7.46. The number of aromatic nitrogens is 2. The first-order valence-electron chi connectivity index (χ1n) is 2.97. The molecule has 0 aliphatic carbocycles. The zero-order chi connectivity index (χ0) is 8.43. The molecule has 0 radical (unpaired) electrons. The summed E-state index contributed by atoms with van der Waals surface area (Å²) in [5.41, 5.74) is 4.70. The molecule has 1 heterocycles. The number of hydrogen-bond acceptors (Lipinski definition) is 4. The average Bonchev–Trinajstić information content (AvgIpc) is 1.94. The number of rotatable bonds is 1. The first-order valence-corrected chi connectivity index (χ1v) is 2.97. The summed E-state index contributed by atoms with van der Waals surface area (Å²) in [6, 6.07) is 0. The molecule has 0 spiro atoms. The third kappa shape index (κ3) is 1.43. The second kappa shape index (κ2) is 2.53. The Hall–Kier alpha value is -1.65. The standard InChI is InChI=1S/C6H7N3O2/c1-3(10)5-8-2-4(7)6(11)9-5/h2H,7H2,1H3,(H,8,9,11). The predicted molar refractivity (Wildman–Crippen MR) is 39.3 cm³/mol. The van der Waals surface area contributed by atoms with Gasteiger partial charge in [-0.2, -0.15) is 0 Å². The fraction of sp³-hybridized carbons (Fsp3) is 0.167. The largest absolute Gasteiger partial charge is 0.393 e. The Morgan fingerprint density at radius 3 is 2.82 bits per heavy atom. The third-order valence-electron chi connectivity index (χ3n) is 1.16. The van der Waals surface area contributed by atoms with Crippen LogP contribution in [0.25, 0.3) is 0 Å². The van der Waals surface area contributed by atoms with E-state index in [4.69, 9.17) is 5.73 Å². The number of nitrogens with two attached hydrogens (primary N) is 1. The molecule has 3 N–H and O–H groups in total. The van der Waals surface area contributed by atoms with Crippen molar-refractivity contribution in [3.8, 4) is 0 Å². The highest BCUT2D eigenvalue weighted by Crippen LogP contribution is 1.89. The van der Waals surface area contributed by atoms with E-state index in [2.05, 4.69) is 9.97 Å². The average molecular weight is 153 g/mol. The van der Waals surface area contributed by atoms with Crippen LogP contribution in [0.3, 0.4) is 0 Å². The van der Waals surface area contributed by atoms with Crippen LogP contribution in [0, 0.1) is 0 Å². The number of carbonyl (C=O) groups is 1. The van der Waals surface area contributed by atoms with E-state index in [1.165, 1.54) is 6.92 Å². The quantitative estimate of drug-likeness (QED) is 0.535. The van der Waals surface area contributed by atoms with Crippen molar-refractivity contribution >= 4 is 11.5 Å². The molecule has 0 amide bonds. The number of H-pyrrole nitrogens is 1. The van der Waals surface area contributed by atoms with Crippen molar-refractivity contribution < 1.29 is 4.79 Å². The van der Waals surface area contributed by atoms with E-state index < -0.39 is 5.56 Å². The van der Waals surface area contributed by atoms with E-state index in [1.54, 1.807) is 0 Å². The molecule has 1 aromatic rings. The zero-order valence-corrected chi connectivity index (χ0v) is 5.92. The van der Waals surface area contributed by atoms with Gasteiger partial charge in [0.2, 0.25) is 0 Å². The van der Waals surface area contributed by atoms with E-state index in [0.717, 1.165) is 6.20 Å². The minimum absolute atomic E-state index is 0.00926. The number of anilines is 1. The van der Waals surface area contributed by atoms with Crippen LogP contribution in [0.2, 0.25) is 0 Å². The highest BCUT2D eigenvalue weighted by atomic mass is 16.1. The Morgan fingerprint density at radius 2 is 2.36 bits per heavy atom. The Balaban J connectivity index is 3.26. The van der Waals surface area contributed by atoms with Crippen LogP contribution < -0.4 is 11.3 Å². The van der Waals surface area contributed by atoms with E-state index >= 15 is 0 Å². The number of aromatic amines is 1. The van der Waals surface area contributed by atoms with Crippen molar-refractivity contribution in [2.24, 2.45) is 0 Å². The number of nitrogens with one attached hydrogen (secondary N) is 1. The van der Waals surface area contributed by atoms with Crippen LogP contribution in [0.1, 0.15) is 17.5 Å². The van der Waals surface area contributed by atoms with E-state index in [1.807, 2.05) is 0 Å². The number of Topliss-reactive ketones (excluding diaryl/α,β-unsaturated/α-hetero) is 1.